The quantitative estimate of drug-likeness (QED) is 0.870. The molecule has 0 saturated carbocycles. The number of nitrogens with one attached hydrogen (secondary N) is 1. The van der Waals surface area contributed by atoms with Gasteiger partial charge in [0.2, 0.25) is 0 Å². The van der Waals surface area contributed by atoms with E-state index in [0.29, 0.717) is 12.4 Å². The first-order valence-electron chi connectivity index (χ1n) is 6.23. The molecule has 5 nitrogen and oxygen atoms in total. The predicted octanol–water partition coefficient (Wildman–Crippen LogP) is 1.84. The largest absolute Gasteiger partial charge is 0.383 e. The molecule has 5 heteroatoms. The first-order chi connectivity index (χ1) is 8.40. The third-order valence-corrected chi connectivity index (χ3v) is 2.76. The van der Waals surface area contributed by atoms with Crippen molar-refractivity contribution in [2.75, 3.05) is 19.0 Å². The average molecular weight is 253 g/mol. The van der Waals surface area contributed by atoms with E-state index < -0.39 is 0 Å². The number of aromatic nitrogens is 2. The molecule has 1 rings (SSSR count). The zero-order valence-electron chi connectivity index (χ0n) is 11.9. The summed E-state index contributed by atoms with van der Waals surface area (Å²) >= 11 is 0. The van der Waals surface area contributed by atoms with Gasteiger partial charge in [-0.3, -0.25) is 4.79 Å². The molecule has 0 spiro atoms. The van der Waals surface area contributed by atoms with Gasteiger partial charge in [-0.15, -0.1) is 0 Å². The molecular weight excluding hydrogens is 230 g/mol. The van der Waals surface area contributed by atoms with Gasteiger partial charge < -0.3 is 14.6 Å². The highest BCUT2D eigenvalue weighted by Gasteiger charge is 2.17. The second-order valence-corrected chi connectivity index (χ2v) is 5.33. The Morgan fingerprint density at radius 3 is 2.67 bits per heavy atom. The molecule has 0 aliphatic heterocycles. The van der Waals surface area contributed by atoms with Crippen LogP contribution in [0.3, 0.4) is 0 Å². The summed E-state index contributed by atoms with van der Waals surface area (Å²) in [5, 5.41) is 3.14. The predicted molar refractivity (Wildman–Crippen MR) is 73.1 cm³/mol. The number of hydrogen-bond acceptors (Lipinski definition) is 4. The van der Waals surface area contributed by atoms with E-state index in [1.54, 1.807) is 24.1 Å². The molecule has 0 aromatic carbocycles. The van der Waals surface area contributed by atoms with Crippen molar-refractivity contribution >= 4 is 5.82 Å². The molecule has 0 radical (unpaired) electrons. The fraction of sp³-hybridized carbons (Fsp3) is 0.692. The highest BCUT2D eigenvalue weighted by molar-refractivity contribution is 5.32. The fourth-order valence-electron chi connectivity index (χ4n) is 1.69. The van der Waals surface area contributed by atoms with Gasteiger partial charge in [-0.2, -0.15) is 0 Å². The maximum atomic E-state index is 12.3. The molecule has 0 amide bonds. The molecule has 0 fully saturated rings. The lowest BCUT2D eigenvalue weighted by atomic mass is 10.1. The van der Waals surface area contributed by atoms with Crippen LogP contribution in [0.4, 0.5) is 5.82 Å². The van der Waals surface area contributed by atoms with Crippen molar-refractivity contribution in [2.45, 2.75) is 45.7 Å². The van der Waals surface area contributed by atoms with Crippen LogP contribution in [-0.4, -0.2) is 29.3 Å². The molecular formula is C13H23N3O2. The van der Waals surface area contributed by atoms with Gasteiger partial charge in [0.05, 0.1) is 12.6 Å². The minimum Gasteiger partial charge on any atom is -0.383 e. The number of ether oxygens (including phenoxy) is 1. The summed E-state index contributed by atoms with van der Waals surface area (Å²) in [6.45, 7) is 8.57. The Hall–Kier alpha value is -1.36. The first-order valence-corrected chi connectivity index (χ1v) is 6.23. The van der Waals surface area contributed by atoms with Crippen LogP contribution in [0.1, 0.15) is 34.1 Å². The van der Waals surface area contributed by atoms with Crippen molar-refractivity contribution < 1.29 is 4.74 Å². The van der Waals surface area contributed by atoms with Gasteiger partial charge in [-0.05, 0) is 27.2 Å². The first kappa shape index (κ1) is 14.7. The van der Waals surface area contributed by atoms with E-state index in [0.717, 1.165) is 6.42 Å². The van der Waals surface area contributed by atoms with Crippen molar-refractivity contribution in [3.05, 3.63) is 22.7 Å². The van der Waals surface area contributed by atoms with Crippen LogP contribution in [0.25, 0.3) is 0 Å². The number of nitrogens with zero attached hydrogens (tertiary/aromatic N) is 2. The topological polar surface area (TPSA) is 56.1 Å². The molecule has 102 valence electrons. The van der Waals surface area contributed by atoms with E-state index in [-0.39, 0.29) is 17.1 Å². The van der Waals surface area contributed by atoms with Crippen LogP contribution in [0, 0.1) is 0 Å². The van der Waals surface area contributed by atoms with E-state index in [2.05, 4.69) is 10.3 Å². The highest BCUT2D eigenvalue weighted by Crippen LogP contribution is 2.11. The van der Waals surface area contributed by atoms with Gasteiger partial charge >= 0.3 is 0 Å². The molecule has 1 atom stereocenters. The van der Waals surface area contributed by atoms with Crippen LogP contribution < -0.4 is 10.9 Å². The normalized spacial score (nSPS) is 13.4. The zero-order valence-corrected chi connectivity index (χ0v) is 11.9. The monoisotopic (exact) mass is 253 g/mol. The summed E-state index contributed by atoms with van der Waals surface area (Å²) in [5.74, 6) is 0.385. The Morgan fingerprint density at radius 2 is 2.17 bits per heavy atom. The molecule has 0 aliphatic carbocycles. The molecule has 0 bridgehead atoms. The summed E-state index contributed by atoms with van der Waals surface area (Å²) < 4.78 is 6.79. The summed E-state index contributed by atoms with van der Waals surface area (Å²) in [6.07, 6.45) is 4.23. The average Bonchev–Trinajstić information content (AvgIpc) is 2.29. The van der Waals surface area contributed by atoms with Gasteiger partial charge in [0.15, 0.2) is 5.82 Å². The maximum absolute atomic E-state index is 12.3. The Kier molecular flexibility index (Phi) is 4.90. The molecule has 18 heavy (non-hydrogen) atoms. The van der Waals surface area contributed by atoms with Crippen LogP contribution in [-0.2, 0) is 10.3 Å². The van der Waals surface area contributed by atoms with E-state index in [4.69, 9.17) is 4.74 Å². The van der Waals surface area contributed by atoms with E-state index in [9.17, 15) is 4.79 Å². The molecule has 0 aliphatic rings. The fourth-order valence-corrected chi connectivity index (χ4v) is 1.69. The molecule has 1 aromatic heterocycles. The second-order valence-electron chi connectivity index (χ2n) is 5.33. The minimum absolute atomic E-state index is 0.0976. The Balaban J connectivity index is 3.01. The van der Waals surface area contributed by atoms with Gasteiger partial charge in [0, 0.05) is 25.0 Å². The van der Waals surface area contributed by atoms with Crippen LogP contribution in [0.5, 0.6) is 0 Å². The summed E-state index contributed by atoms with van der Waals surface area (Å²) in [5.41, 5.74) is -0.348. The van der Waals surface area contributed by atoms with Crippen LogP contribution in [0.15, 0.2) is 17.2 Å². The van der Waals surface area contributed by atoms with Crippen LogP contribution in [0.2, 0.25) is 0 Å². The Labute approximate surface area is 108 Å². The lowest BCUT2D eigenvalue weighted by molar-refractivity contribution is 0.184. The molecule has 0 saturated heterocycles. The van der Waals surface area contributed by atoms with Gasteiger partial charge in [0.1, 0.15) is 0 Å². The van der Waals surface area contributed by atoms with Gasteiger partial charge in [-0.1, -0.05) is 6.92 Å². The Bertz CT molecular complexity index is 435. The maximum Gasteiger partial charge on any atom is 0.293 e. The van der Waals surface area contributed by atoms with E-state index >= 15 is 0 Å². The van der Waals surface area contributed by atoms with Gasteiger partial charge in [-0.25, -0.2) is 4.98 Å². The second kappa shape index (κ2) is 6.00. The Morgan fingerprint density at radius 1 is 1.50 bits per heavy atom. The SMILES string of the molecule is CCC(COC)Nc1nccn(C(C)(C)C)c1=O. The zero-order chi connectivity index (χ0) is 13.8. The molecule has 1 unspecified atom stereocenters. The molecule has 1 N–H and O–H groups in total. The highest BCUT2D eigenvalue weighted by atomic mass is 16.5. The van der Waals surface area contributed by atoms with Gasteiger partial charge in [0.25, 0.3) is 5.56 Å². The number of rotatable bonds is 5. The standard InChI is InChI=1S/C13H23N3O2/c1-6-10(9-18-5)15-11-12(17)16(8-7-14-11)13(2,3)4/h7-8,10H,6,9H2,1-5H3,(H,14,15). The summed E-state index contributed by atoms with van der Waals surface area (Å²) in [6, 6.07) is 0.103. The molecule has 1 aromatic rings. The van der Waals surface area contributed by atoms with Crippen molar-refractivity contribution in [2.24, 2.45) is 0 Å². The number of methoxy groups -OCH3 is 1. The summed E-state index contributed by atoms with van der Waals surface area (Å²) in [4.78, 5) is 16.4. The van der Waals surface area contributed by atoms with Crippen molar-refractivity contribution in [3.8, 4) is 0 Å². The smallest absolute Gasteiger partial charge is 0.293 e. The van der Waals surface area contributed by atoms with Crippen molar-refractivity contribution in [1.29, 1.82) is 0 Å². The van der Waals surface area contributed by atoms with E-state index in [1.807, 2.05) is 27.7 Å². The molecule has 1 heterocycles. The van der Waals surface area contributed by atoms with E-state index in [1.165, 1.54) is 0 Å². The number of hydrogen-bond donors (Lipinski definition) is 1. The summed E-state index contributed by atoms with van der Waals surface area (Å²) in [7, 11) is 1.65. The van der Waals surface area contributed by atoms with Crippen molar-refractivity contribution in [1.82, 2.24) is 9.55 Å². The van der Waals surface area contributed by atoms with Crippen LogP contribution >= 0.6 is 0 Å². The number of anilines is 1. The van der Waals surface area contributed by atoms with Crippen molar-refractivity contribution in [3.63, 3.8) is 0 Å². The third kappa shape index (κ3) is 3.57. The third-order valence-electron chi connectivity index (χ3n) is 2.76. The minimum atomic E-state index is -0.251. The lowest BCUT2D eigenvalue weighted by Gasteiger charge is -2.23. The lowest BCUT2D eigenvalue weighted by Crippen LogP contribution is -2.37.